The first-order valence-corrected chi connectivity index (χ1v) is 10.8. The van der Waals surface area contributed by atoms with Gasteiger partial charge in [0.25, 0.3) is 0 Å². The summed E-state index contributed by atoms with van der Waals surface area (Å²) in [4.78, 5) is 2.68. The molecule has 1 heterocycles. The van der Waals surface area contributed by atoms with Gasteiger partial charge in [-0.15, -0.1) is 0 Å². The van der Waals surface area contributed by atoms with E-state index in [0.29, 0.717) is 24.6 Å². The first kappa shape index (κ1) is 19.9. The normalized spacial score (nSPS) is 16.4. The van der Waals surface area contributed by atoms with Crippen LogP contribution in [0.25, 0.3) is 0 Å². The number of aryl methyl sites for hydroxylation is 3. The third-order valence-electron chi connectivity index (χ3n) is 4.99. The number of hydrogen-bond donors (Lipinski definition) is 0. The molecule has 0 N–H and O–H groups in total. The molecule has 6 heteroatoms. The van der Waals surface area contributed by atoms with E-state index in [-0.39, 0.29) is 0 Å². The molecule has 146 valence electrons. The van der Waals surface area contributed by atoms with Crippen LogP contribution in [-0.2, 0) is 10.0 Å². The van der Waals surface area contributed by atoms with E-state index < -0.39 is 10.0 Å². The van der Waals surface area contributed by atoms with E-state index in [1.54, 1.807) is 10.4 Å². The molecule has 27 heavy (non-hydrogen) atoms. The minimum atomic E-state index is -3.43. The molecule has 0 radical (unpaired) electrons. The first-order chi connectivity index (χ1) is 12.9. The van der Waals surface area contributed by atoms with Gasteiger partial charge in [0, 0.05) is 32.7 Å². The Hall–Kier alpha value is -1.89. The van der Waals surface area contributed by atoms with Gasteiger partial charge in [-0.1, -0.05) is 29.8 Å². The number of rotatable bonds is 6. The summed E-state index contributed by atoms with van der Waals surface area (Å²) in [5.74, 6) is 0.872. The van der Waals surface area contributed by atoms with Crippen molar-refractivity contribution in [1.29, 1.82) is 0 Å². The van der Waals surface area contributed by atoms with Crippen molar-refractivity contribution in [2.75, 3.05) is 39.3 Å². The van der Waals surface area contributed by atoms with Crippen molar-refractivity contribution in [3.63, 3.8) is 0 Å². The fourth-order valence-electron chi connectivity index (χ4n) is 3.24. The molecule has 0 amide bonds. The van der Waals surface area contributed by atoms with Crippen LogP contribution in [0.15, 0.2) is 47.4 Å². The van der Waals surface area contributed by atoms with Gasteiger partial charge in [-0.05, 0) is 50.1 Å². The fraction of sp³-hybridized carbons (Fsp3) is 0.429. The van der Waals surface area contributed by atoms with E-state index in [1.807, 2.05) is 50.2 Å². The van der Waals surface area contributed by atoms with Gasteiger partial charge >= 0.3 is 0 Å². The van der Waals surface area contributed by atoms with Crippen LogP contribution in [0.2, 0.25) is 0 Å². The second-order valence-electron chi connectivity index (χ2n) is 7.18. The van der Waals surface area contributed by atoms with Crippen LogP contribution < -0.4 is 4.74 Å². The first-order valence-electron chi connectivity index (χ1n) is 9.35. The molecule has 5 nitrogen and oxygen atoms in total. The van der Waals surface area contributed by atoms with Gasteiger partial charge in [-0.3, -0.25) is 4.90 Å². The molecule has 0 atom stereocenters. The molecular formula is C21H28N2O3S. The van der Waals surface area contributed by atoms with Crippen LogP contribution in [-0.4, -0.2) is 57.0 Å². The molecule has 2 aromatic rings. The predicted octanol–water partition coefficient (Wildman–Crippen LogP) is 3.00. The number of sulfonamides is 1. The number of hydrogen-bond acceptors (Lipinski definition) is 4. The lowest BCUT2D eigenvalue weighted by Crippen LogP contribution is -2.49. The highest BCUT2D eigenvalue weighted by atomic mass is 32.2. The summed E-state index contributed by atoms with van der Waals surface area (Å²) >= 11 is 0. The zero-order valence-electron chi connectivity index (χ0n) is 16.3. The Kier molecular flexibility index (Phi) is 6.19. The molecule has 0 aromatic heterocycles. The summed E-state index contributed by atoms with van der Waals surface area (Å²) in [5.41, 5.74) is 2.98. The Balaban J connectivity index is 1.52. The lowest BCUT2D eigenvalue weighted by atomic mass is 10.2. The van der Waals surface area contributed by atoms with Gasteiger partial charge in [0.15, 0.2) is 0 Å². The van der Waals surface area contributed by atoms with Gasteiger partial charge in [-0.2, -0.15) is 4.31 Å². The number of piperazine rings is 1. The molecule has 0 unspecified atom stereocenters. The molecule has 1 saturated heterocycles. The van der Waals surface area contributed by atoms with Crippen molar-refractivity contribution in [2.45, 2.75) is 25.7 Å². The second kappa shape index (κ2) is 8.42. The van der Waals surface area contributed by atoms with Crippen LogP contribution in [0.5, 0.6) is 5.75 Å². The molecule has 1 aliphatic rings. The van der Waals surface area contributed by atoms with Crippen molar-refractivity contribution < 1.29 is 13.2 Å². The topological polar surface area (TPSA) is 49.9 Å². The molecular weight excluding hydrogens is 360 g/mol. The van der Waals surface area contributed by atoms with Gasteiger partial charge < -0.3 is 4.74 Å². The van der Waals surface area contributed by atoms with E-state index in [9.17, 15) is 8.42 Å². The second-order valence-corrected chi connectivity index (χ2v) is 9.08. The van der Waals surface area contributed by atoms with Crippen molar-refractivity contribution in [3.05, 3.63) is 59.2 Å². The van der Waals surface area contributed by atoms with E-state index in [4.69, 9.17) is 4.74 Å². The summed E-state index contributed by atoms with van der Waals surface area (Å²) in [6, 6.07) is 13.6. The van der Waals surface area contributed by atoms with Crippen LogP contribution in [0.3, 0.4) is 0 Å². The molecule has 0 spiro atoms. The highest BCUT2D eigenvalue weighted by molar-refractivity contribution is 7.89. The minimum absolute atomic E-state index is 0.429. The fourth-order valence-corrected chi connectivity index (χ4v) is 4.98. The van der Waals surface area contributed by atoms with Crippen molar-refractivity contribution >= 4 is 10.0 Å². The van der Waals surface area contributed by atoms with E-state index in [2.05, 4.69) is 11.8 Å². The largest absolute Gasteiger partial charge is 0.492 e. The quantitative estimate of drug-likeness (QED) is 0.763. The highest BCUT2D eigenvalue weighted by Crippen LogP contribution is 2.22. The lowest BCUT2D eigenvalue weighted by molar-refractivity contribution is 0.159. The predicted molar refractivity (Wildman–Crippen MR) is 108 cm³/mol. The van der Waals surface area contributed by atoms with Crippen LogP contribution in [0, 0.1) is 20.8 Å². The maximum Gasteiger partial charge on any atom is 0.243 e. The van der Waals surface area contributed by atoms with E-state index in [1.165, 1.54) is 5.56 Å². The van der Waals surface area contributed by atoms with Gasteiger partial charge in [-0.25, -0.2) is 8.42 Å². The summed E-state index contributed by atoms with van der Waals surface area (Å²) in [5, 5.41) is 0. The summed E-state index contributed by atoms with van der Waals surface area (Å²) in [6.07, 6.45) is 0. The maximum absolute atomic E-state index is 13.0. The molecule has 0 aliphatic carbocycles. The standard InChI is InChI=1S/C21H28N2O3S/c1-17-5-8-20(9-6-17)26-15-14-22-10-12-23(13-11-22)27(24,25)21-16-18(2)4-7-19(21)3/h4-9,16H,10-15H2,1-3H3. The molecule has 0 bridgehead atoms. The average Bonchev–Trinajstić information content (AvgIpc) is 2.66. The summed E-state index contributed by atoms with van der Waals surface area (Å²) < 4.78 is 33.3. The lowest BCUT2D eigenvalue weighted by Gasteiger charge is -2.34. The SMILES string of the molecule is Cc1ccc(OCCN2CCN(S(=O)(=O)c3cc(C)ccc3C)CC2)cc1. The van der Waals surface area contributed by atoms with E-state index >= 15 is 0 Å². The average molecular weight is 389 g/mol. The third kappa shape index (κ3) is 4.89. The van der Waals surface area contributed by atoms with Crippen LogP contribution in [0.1, 0.15) is 16.7 Å². The van der Waals surface area contributed by atoms with Crippen molar-refractivity contribution in [3.8, 4) is 5.75 Å². The molecule has 0 saturated carbocycles. The van der Waals surface area contributed by atoms with Crippen molar-refractivity contribution in [1.82, 2.24) is 9.21 Å². The number of ether oxygens (including phenoxy) is 1. The van der Waals surface area contributed by atoms with E-state index in [0.717, 1.165) is 36.5 Å². The summed E-state index contributed by atoms with van der Waals surface area (Å²) in [7, 11) is -3.43. The van der Waals surface area contributed by atoms with Gasteiger partial charge in [0.2, 0.25) is 10.0 Å². The van der Waals surface area contributed by atoms with Crippen LogP contribution >= 0.6 is 0 Å². The number of benzene rings is 2. The van der Waals surface area contributed by atoms with Gasteiger partial charge in [0.05, 0.1) is 4.90 Å². The Morgan fingerprint density at radius 2 is 1.52 bits per heavy atom. The Morgan fingerprint density at radius 1 is 0.889 bits per heavy atom. The Labute approximate surface area is 162 Å². The minimum Gasteiger partial charge on any atom is -0.492 e. The third-order valence-corrected chi connectivity index (χ3v) is 7.03. The summed E-state index contributed by atoms with van der Waals surface area (Å²) in [6.45, 7) is 9.70. The molecule has 2 aromatic carbocycles. The Morgan fingerprint density at radius 3 is 2.19 bits per heavy atom. The van der Waals surface area contributed by atoms with Crippen LogP contribution in [0.4, 0.5) is 0 Å². The molecule has 1 aliphatic heterocycles. The number of nitrogens with zero attached hydrogens (tertiary/aromatic N) is 2. The highest BCUT2D eigenvalue weighted by Gasteiger charge is 2.29. The molecule has 1 fully saturated rings. The zero-order valence-corrected chi connectivity index (χ0v) is 17.1. The van der Waals surface area contributed by atoms with Crippen molar-refractivity contribution in [2.24, 2.45) is 0 Å². The molecule has 3 rings (SSSR count). The monoisotopic (exact) mass is 388 g/mol. The van der Waals surface area contributed by atoms with Gasteiger partial charge in [0.1, 0.15) is 12.4 Å². The smallest absolute Gasteiger partial charge is 0.243 e. The Bertz CT molecular complexity index is 871. The zero-order chi connectivity index (χ0) is 19.4. The maximum atomic E-state index is 13.0.